The zero-order chi connectivity index (χ0) is 15.3. The van der Waals surface area contributed by atoms with E-state index < -0.39 is 15.8 Å². The van der Waals surface area contributed by atoms with Crippen molar-refractivity contribution >= 4 is 15.8 Å². The SMILES string of the molecule is O=C(O)Cc1ccc(CS(=O)(=O)Cc2ccccc2)cc1. The van der Waals surface area contributed by atoms with Crippen molar-refractivity contribution in [1.29, 1.82) is 0 Å². The lowest BCUT2D eigenvalue weighted by Gasteiger charge is -2.06. The molecule has 2 aromatic carbocycles. The van der Waals surface area contributed by atoms with E-state index in [-0.39, 0.29) is 17.9 Å². The average Bonchev–Trinajstić information content (AvgIpc) is 2.40. The van der Waals surface area contributed by atoms with E-state index in [0.29, 0.717) is 11.1 Å². The molecule has 0 aliphatic heterocycles. The summed E-state index contributed by atoms with van der Waals surface area (Å²) in [5, 5.41) is 8.69. The van der Waals surface area contributed by atoms with Crippen LogP contribution in [0, 0.1) is 0 Å². The predicted octanol–water partition coefficient (Wildman–Crippen LogP) is 2.43. The van der Waals surface area contributed by atoms with Crippen LogP contribution in [0.25, 0.3) is 0 Å². The molecule has 2 rings (SSSR count). The fraction of sp³-hybridized carbons (Fsp3) is 0.188. The third kappa shape index (κ3) is 5.04. The van der Waals surface area contributed by atoms with Crippen LogP contribution >= 0.6 is 0 Å². The molecule has 0 saturated heterocycles. The Balaban J connectivity index is 2.05. The number of carbonyl (C=O) groups is 1. The molecule has 0 atom stereocenters. The minimum Gasteiger partial charge on any atom is -0.481 e. The van der Waals surface area contributed by atoms with Gasteiger partial charge in [0.25, 0.3) is 0 Å². The molecule has 110 valence electrons. The van der Waals surface area contributed by atoms with Crippen LogP contribution in [0.2, 0.25) is 0 Å². The molecule has 0 saturated carbocycles. The van der Waals surface area contributed by atoms with Gasteiger partial charge in [-0.05, 0) is 16.7 Å². The fourth-order valence-corrected chi connectivity index (χ4v) is 3.56. The Hall–Kier alpha value is -2.14. The lowest BCUT2D eigenvalue weighted by molar-refractivity contribution is -0.136. The van der Waals surface area contributed by atoms with Gasteiger partial charge in [-0.1, -0.05) is 54.6 Å². The molecule has 0 radical (unpaired) electrons. The van der Waals surface area contributed by atoms with Gasteiger partial charge in [-0.3, -0.25) is 4.79 Å². The molecule has 1 N–H and O–H groups in total. The molecule has 0 amide bonds. The van der Waals surface area contributed by atoms with E-state index in [9.17, 15) is 13.2 Å². The standard InChI is InChI=1S/C16H16O4S/c17-16(18)10-13-6-8-15(9-7-13)12-21(19,20)11-14-4-2-1-3-5-14/h1-9H,10-12H2,(H,17,18). The zero-order valence-electron chi connectivity index (χ0n) is 11.4. The molecule has 5 heteroatoms. The second-order valence-electron chi connectivity index (χ2n) is 4.90. The molecule has 0 fully saturated rings. The highest BCUT2D eigenvalue weighted by Gasteiger charge is 2.13. The van der Waals surface area contributed by atoms with E-state index in [0.717, 1.165) is 5.56 Å². The second kappa shape index (κ2) is 6.54. The number of carboxylic acids is 1. The molecule has 0 aromatic heterocycles. The van der Waals surface area contributed by atoms with Gasteiger partial charge in [-0.15, -0.1) is 0 Å². The summed E-state index contributed by atoms with van der Waals surface area (Å²) in [6.45, 7) is 0. The summed E-state index contributed by atoms with van der Waals surface area (Å²) in [6, 6.07) is 15.7. The molecule has 0 aliphatic rings. The minimum atomic E-state index is -3.24. The lowest BCUT2D eigenvalue weighted by atomic mass is 10.1. The van der Waals surface area contributed by atoms with Crippen LogP contribution in [0.5, 0.6) is 0 Å². The number of sulfone groups is 1. The Kier molecular flexibility index (Phi) is 4.75. The summed E-state index contributed by atoms with van der Waals surface area (Å²) >= 11 is 0. The number of hydrogen-bond acceptors (Lipinski definition) is 3. The van der Waals surface area contributed by atoms with Crippen molar-refractivity contribution in [1.82, 2.24) is 0 Å². The van der Waals surface area contributed by atoms with Crippen molar-refractivity contribution in [3.8, 4) is 0 Å². The molecule has 0 bridgehead atoms. The Morgan fingerprint density at radius 2 is 1.29 bits per heavy atom. The van der Waals surface area contributed by atoms with Gasteiger partial charge in [-0.2, -0.15) is 0 Å². The summed E-state index contributed by atoms with van der Waals surface area (Å²) in [4.78, 5) is 10.6. The van der Waals surface area contributed by atoms with E-state index in [1.54, 1.807) is 36.4 Å². The Morgan fingerprint density at radius 3 is 1.81 bits per heavy atom. The van der Waals surface area contributed by atoms with Gasteiger partial charge >= 0.3 is 5.97 Å². The first-order chi connectivity index (χ1) is 9.94. The number of rotatable bonds is 6. The van der Waals surface area contributed by atoms with Crippen LogP contribution in [0.15, 0.2) is 54.6 Å². The summed E-state index contributed by atoms with van der Waals surface area (Å²) in [5.41, 5.74) is 2.09. The first-order valence-electron chi connectivity index (χ1n) is 6.48. The van der Waals surface area contributed by atoms with E-state index in [2.05, 4.69) is 0 Å². The molecule has 4 nitrogen and oxygen atoms in total. The van der Waals surface area contributed by atoms with E-state index in [1.807, 2.05) is 18.2 Å². The van der Waals surface area contributed by atoms with E-state index in [4.69, 9.17) is 5.11 Å². The number of aliphatic carboxylic acids is 1. The van der Waals surface area contributed by atoms with Gasteiger partial charge in [0.2, 0.25) is 0 Å². The second-order valence-corrected chi connectivity index (χ2v) is 6.97. The van der Waals surface area contributed by atoms with E-state index >= 15 is 0 Å². The zero-order valence-corrected chi connectivity index (χ0v) is 12.2. The van der Waals surface area contributed by atoms with Crippen LogP contribution < -0.4 is 0 Å². The van der Waals surface area contributed by atoms with Crippen molar-refractivity contribution in [3.05, 3.63) is 71.3 Å². The summed E-state index contributed by atoms with van der Waals surface area (Å²) in [7, 11) is -3.24. The molecule has 0 aliphatic carbocycles. The highest BCUT2D eigenvalue weighted by Crippen LogP contribution is 2.13. The van der Waals surface area contributed by atoms with Crippen LogP contribution in [0.3, 0.4) is 0 Å². The van der Waals surface area contributed by atoms with Gasteiger partial charge in [0.15, 0.2) is 9.84 Å². The highest BCUT2D eigenvalue weighted by atomic mass is 32.2. The molecule has 0 heterocycles. The predicted molar refractivity (Wildman–Crippen MR) is 80.6 cm³/mol. The monoisotopic (exact) mass is 304 g/mol. The molecule has 0 spiro atoms. The molecule has 0 unspecified atom stereocenters. The smallest absolute Gasteiger partial charge is 0.307 e. The molecule has 2 aromatic rings. The average molecular weight is 304 g/mol. The van der Waals surface area contributed by atoms with Crippen LogP contribution in [0.4, 0.5) is 0 Å². The maximum absolute atomic E-state index is 12.1. The van der Waals surface area contributed by atoms with Gasteiger partial charge in [0.1, 0.15) is 0 Å². The highest BCUT2D eigenvalue weighted by molar-refractivity contribution is 7.89. The van der Waals surface area contributed by atoms with E-state index in [1.165, 1.54) is 0 Å². The van der Waals surface area contributed by atoms with Crippen molar-refractivity contribution < 1.29 is 18.3 Å². The molecular weight excluding hydrogens is 288 g/mol. The van der Waals surface area contributed by atoms with Gasteiger partial charge in [-0.25, -0.2) is 8.42 Å². The van der Waals surface area contributed by atoms with Crippen LogP contribution in [-0.4, -0.2) is 19.5 Å². The normalized spacial score (nSPS) is 11.2. The summed E-state index contributed by atoms with van der Waals surface area (Å²) in [5.74, 6) is -0.945. The first-order valence-corrected chi connectivity index (χ1v) is 8.31. The van der Waals surface area contributed by atoms with Gasteiger partial charge in [0, 0.05) is 0 Å². The van der Waals surface area contributed by atoms with Gasteiger partial charge < -0.3 is 5.11 Å². The van der Waals surface area contributed by atoms with Crippen LogP contribution in [-0.2, 0) is 32.6 Å². The van der Waals surface area contributed by atoms with Crippen LogP contribution in [0.1, 0.15) is 16.7 Å². The number of hydrogen-bond donors (Lipinski definition) is 1. The third-order valence-electron chi connectivity index (χ3n) is 2.99. The van der Waals surface area contributed by atoms with Gasteiger partial charge in [0.05, 0.1) is 17.9 Å². The largest absolute Gasteiger partial charge is 0.481 e. The van der Waals surface area contributed by atoms with Crippen molar-refractivity contribution in [2.75, 3.05) is 0 Å². The number of benzene rings is 2. The molecular formula is C16H16O4S. The van der Waals surface area contributed by atoms with Crippen molar-refractivity contribution in [3.63, 3.8) is 0 Å². The summed E-state index contributed by atoms with van der Waals surface area (Å²) in [6.07, 6.45) is -0.0585. The third-order valence-corrected chi connectivity index (χ3v) is 4.54. The van der Waals surface area contributed by atoms with Crippen molar-refractivity contribution in [2.45, 2.75) is 17.9 Å². The Morgan fingerprint density at radius 1 is 0.810 bits per heavy atom. The lowest BCUT2D eigenvalue weighted by Crippen LogP contribution is -2.08. The first kappa shape index (κ1) is 15.3. The maximum Gasteiger partial charge on any atom is 0.307 e. The Labute approximate surface area is 124 Å². The maximum atomic E-state index is 12.1. The quantitative estimate of drug-likeness (QED) is 0.889. The molecule has 21 heavy (non-hydrogen) atoms. The topological polar surface area (TPSA) is 71.4 Å². The minimum absolute atomic E-state index is 0.00468. The van der Waals surface area contributed by atoms with Crippen molar-refractivity contribution in [2.24, 2.45) is 0 Å². The Bertz CT molecular complexity index is 704. The summed E-state index contributed by atoms with van der Waals surface area (Å²) < 4.78 is 24.3. The number of carboxylic acid groups (broad SMARTS) is 1. The fourth-order valence-electron chi connectivity index (χ4n) is 2.06.